The minimum atomic E-state index is -3.87. The van der Waals surface area contributed by atoms with Crippen LogP contribution in [-0.4, -0.2) is 14.5 Å². The highest BCUT2D eigenvalue weighted by Crippen LogP contribution is 2.26. The molecule has 3 aromatic rings. The number of benzene rings is 2. The third kappa shape index (κ3) is 3.44. The van der Waals surface area contributed by atoms with E-state index in [2.05, 4.69) is 4.72 Å². The second kappa shape index (κ2) is 6.39. The second-order valence-corrected chi connectivity index (χ2v) is 8.01. The van der Waals surface area contributed by atoms with Gasteiger partial charge in [-0.15, -0.1) is 11.3 Å². The fraction of sp³-hybridized carbons (Fsp3) is 0.176. The van der Waals surface area contributed by atoms with Gasteiger partial charge in [-0.1, -0.05) is 30.3 Å². The average molecular weight is 349 g/mol. The van der Waals surface area contributed by atoms with E-state index in [0.29, 0.717) is 6.42 Å². The van der Waals surface area contributed by atoms with Gasteiger partial charge in [-0.25, -0.2) is 17.5 Å². The molecule has 120 valence electrons. The summed E-state index contributed by atoms with van der Waals surface area (Å²) in [6, 6.07) is 13.1. The van der Waals surface area contributed by atoms with Crippen LogP contribution in [0.4, 0.5) is 4.39 Å². The van der Waals surface area contributed by atoms with Gasteiger partial charge < -0.3 is 0 Å². The number of rotatable bonds is 5. The van der Waals surface area contributed by atoms with Crippen molar-refractivity contribution >= 4 is 31.4 Å². The quantitative estimate of drug-likeness (QED) is 0.758. The fourth-order valence-corrected chi connectivity index (χ4v) is 4.85. The zero-order valence-electron chi connectivity index (χ0n) is 12.5. The van der Waals surface area contributed by atoms with Crippen molar-refractivity contribution in [1.82, 2.24) is 4.72 Å². The van der Waals surface area contributed by atoms with Crippen molar-refractivity contribution < 1.29 is 12.8 Å². The molecule has 1 unspecified atom stereocenters. The van der Waals surface area contributed by atoms with Crippen molar-refractivity contribution in [2.45, 2.75) is 24.3 Å². The summed E-state index contributed by atoms with van der Waals surface area (Å²) < 4.78 is 42.0. The molecule has 0 saturated carbocycles. The lowest BCUT2D eigenvalue weighted by atomic mass is 10.1. The Kier molecular flexibility index (Phi) is 4.48. The Morgan fingerprint density at radius 2 is 1.83 bits per heavy atom. The molecule has 0 aliphatic heterocycles. The van der Waals surface area contributed by atoms with Crippen LogP contribution in [-0.2, 0) is 16.4 Å². The molecular weight excluding hydrogens is 333 g/mol. The molecule has 0 aliphatic rings. The number of halogens is 1. The lowest BCUT2D eigenvalue weighted by Gasteiger charge is -2.14. The normalized spacial score (nSPS) is 13.3. The number of hydrogen-bond acceptors (Lipinski definition) is 3. The van der Waals surface area contributed by atoms with Crippen molar-refractivity contribution in [2.24, 2.45) is 0 Å². The van der Waals surface area contributed by atoms with Crippen molar-refractivity contribution in [3.05, 3.63) is 65.3 Å². The van der Waals surface area contributed by atoms with E-state index in [4.69, 9.17) is 0 Å². The van der Waals surface area contributed by atoms with Crippen LogP contribution in [0.25, 0.3) is 10.1 Å². The summed E-state index contributed by atoms with van der Waals surface area (Å²) in [5.41, 5.74) is 1.09. The minimum absolute atomic E-state index is 0.318. The Hall–Kier alpha value is -1.76. The van der Waals surface area contributed by atoms with E-state index in [1.165, 1.54) is 22.9 Å². The van der Waals surface area contributed by atoms with Gasteiger partial charge >= 0.3 is 0 Å². The molecular formula is C17H16FNO2S2. The standard InChI is InChI=1S/C17H16FNO2S2/c1-12(10-13-11-22-16-8-4-2-6-14(13)16)19-23(20,21)17-9-5-3-7-15(17)18/h2-9,11-12,19H,10H2,1H3. The van der Waals surface area contributed by atoms with E-state index >= 15 is 0 Å². The van der Waals surface area contributed by atoms with Crippen LogP contribution in [0.15, 0.2) is 58.8 Å². The molecule has 0 radical (unpaired) electrons. The highest BCUT2D eigenvalue weighted by molar-refractivity contribution is 7.89. The van der Waals surface area contributed by atoms with E-state index in [9.17, 15) is 12.8 Å². The van der Waals surface area contributed by atoms with Crippen LogP contribution in [0, 0.1) is 5.82 Å². The van der Waals surface area contributed by atoms with E-state index in [1.807, 2.05) is 29.6 Å². The molecule has 0 fully saturated rings. The van der Waals surface area contributed by atoms with Gasteiger partial charge in [0.2, 0.25) is 10.0 Å². The molecule has 1 aromatic heterocycles. The molecule has 0 amide bonds. The number of nitrogens with one attached hydrogen (secondary N) is 1. The summed E-state index contributed by atoms with van der Waals surface area (Å²) >= 11 is 1.64. The van der Waals surface area contributed by atoms with E-state index in [0.717, 1.165) is 17.0 Å². The SMILES string of the molecule is CC(Cc1csc2ccccc12)NS(=O)(=O)c1ccccc1F. The van der Waals surface area contributed by atoms with Gasteiger partial charge in [-0.2, -0.15) is 0 Å². The topological polar surface area (TPSA) is 46.2 Å². The summed E-state index contributed by atoms with van der Waals surface area (Å²) in [5.74, 6) is -0.742. The average Bonchev–Trinajstić information content (AvgIpc) is 2.90. The highest BCUT2D eigenvalue weighted by atomic mass is 32.2. The third-order valence-electron chi connectivity index (χ3n) is 3.57. The van der Waals surface area contributed by atoms with Gasteiger partial charge in [0.05, 0.1) is 0 Å². The molecule has 2 aromatic carbocycles. The van der Waals surface area contributed by atoms with Crippen LogP contribution in [0.3, 0.4) is 0 Å². The molecule has 0 saturated heterocycles. The lowest BCUT2D eigenvalue weighted by Crippen LogP contribution is -2.34. The summed E-state index contributed by atoms with van der Waals surface area (Å²) in [4.78, 5) is -0.318. The number of hydrogen-bond donors (Lipinski definition) is 1. The van der Waals surface area contributed by atoms with E-state index in [-0.39, 0.29) is 10.9 Å². The molecule has 1 heterocycles. The molecule has 0 bridgehead atoms. The predicted octanol–water partition coefficient (Wildman–Crippen LogP) is 3.95. The number of fused-ring (bicyclic) bond motifs is 1. The van der Waals surface area contributed by atoms with Gasteiger partial charge in [0.15, 0.2) is 0 Å². The first-order chi connectivity index (χ1) is 11.0. The molecule has 23 heavy (non-hydrogen) atoms. The number of sulfonamides is 1. The van der Waals surface area contributed by atoms with Crippen molar-refractivity contribution in [1.29, 1.82) is 0 Å². The Balaban J connectivity index is 1.79. The van der Waals surface area contributed by atoms with E-state index in [1.54, 1.807) is 18.3 Å². The fourth-order valence-electron chi connectivity index (χ4n) is 2.55. The van der Waals surface area contributed by atoms with Crippen molar-refractivity contribution in [2.75, 3.05) is 0 Å². The largest absolute Gasteiger partial charge is 0.243 e. The summed E-state index contributed by atoms with van der Waals surface area (Å²) in [7, 11) is -3.87. The molecule has 1 atom stereocenters. The van der Waals surface area contributed by atoms with Crippen LogP contribution >= 0.6 is 11.3 Å². The van der Waals surface area contributed by atoms with Crippen molar-refractivity contribution in [3.8, 4) is 0 Å². The molecule has 6 heteroatoms. The monoisotopic (exact) mass is 349 g/mol. The van der Waals surface area contributed by atoms with Gasteiger partial charge in [0, 0.05) is 10.7 Å². The second-order valence-electron chi connectivity index (χ2n) is 5.41. The Labute approximate surface area is 138 Å². The maximum absolute atomic E-state index is 13.7. The number of thiophene rings is 1. The first kappa shape index (κ1) is 16.1. The van der Waals surface area contributed by atoms with Crippen LogP contribution in [0.1, 0.15) is 12.5 Å². The molecule has 0 aliphatic carbocycles. The van der Waals surface area contributed by atoms with E-state index < -0.39 is 15.8 Å². The zero-order valence-corrected chi connectivity index (χ0v) is 14.1. The van der Waals surface area contributed by atoms with Gasteiger partial charge in [0.25, 0.3) is 0 Å². The molecule has 0 spiro atoms. The smallest absolute Gasteiger partial charge is 0.208 e. The third-order valence-corrected chi connectivity index (χ3v) is 6.20. The Morgan fingerprint density at radius 3 is 2.61 bits per heavy atom. The van der Waals surface area contributed by atoms with Crippen LogP contribution < -0.4 is 4.72 Å². The summed E-state index contributed by atoms with van der Waals surface area (Å²) in [6.07, 6.45) is 0.553. The lowest BCUT2D eigenvalue weighted by molar-refractivity contribution is 0.542. The van der Waals surface area contributed by atoms with Gasteiger partial charge in [0.1, 0.15) is 10.7 Å². The first-order valence-electron chi connectivity index (χ1n) is 7.19. The minimum Gasteiger partial charge on any atom is -0.208 e. The molecule has 1 N–H and O–H groups in total. The van der Waals surface area contributed by atoms with Crippen LogP contribution in [0.2, 0.25) is 0 Å². The summed E-state index contributed by atoms with van der Waals surface area (Å²) in [6.45, 7) is 1.78. The Bertz CT molecular complexity index is 934. The van der Waals surface area contributed by atoms with Crippen molar-refractivity contribution in [3.63, 3.8) is 0 Å². The molecule has 3 rings (SSSR count). The maximum Gasteiger partial charge on any atom is 0.243 e. The molecule has 3 nitrogen and oxygen atoms in total. The zero-order chi connectivity index (χ0) is 16.4. The Morgan fingerprint density at radius 1 is 1.13 bits per heavy atom. The summed E-state index contributed by atoms with van der Waals surface area (Å²) in [5, 5.41) is 3.17. The van der Waals surface area contributed by atoms with Gasteiger partial charge in [-0.05, 0) is 47.9 Å². The van der Waals surface area contributed by atoms with Crippen LogP contribution in [0.5, 0.6) is 0 Å². The van der Waals surface area contributed by atoms with Gasteiger partial charge in [-0.3, -0.25) is 0 Å². The highest BCUT2D eigenvalue weighted by Gasteiger charge is 2.21. The first-order valence-corrected chi connectivity index (χ1v) is 9.55. The maximum atomic E-state index is 13.7. The predicted molar refractivity (Wildman–Crippen MR) is 91.7 cm³/mol.